The summed E-state index contributed by atoms with van der Waals surface area (Å²) in [5.41, 5.74) is -0.887. The minimum Gasteiger partial charge on any atom is -0.480 e. The van der Waals surface area contributed by atoms with Crippen molar-refractivity contribution in [2.24, 2.45) is 0 Å². The summed E-state index contributed by atoms with van der Waals surface area (Å²) in [6.07, 6.45) is 3.86. The molecule has 0 bridgehead atoms. The third kappa shape index (κ3) is 3.46. The topological polar surface area (TPSA) is 75.1 Å². The highest BCUT2D eigenvalue weighted by atomic mass is 32.2. The molecule has 16 heavy (non-hydrogen) atoms. The van der Waals surface area contributed by atoms with E-state index < -0.39 is 11.5 Å². The lowest BCUT2D eigenvalue weighted by Crippen LogP contribution is -2.47. The molecule has 88 valence electrons. The van der Waals surface area contributed by atoms with E-state index in [2.05, 4.69) is 15.3 Å². The van der Waals surface area contributed by atoms with Crippen molar-refractivity contribution in [2.45, 2.75) is 24.0 Å². The molecule has 0 saturated heterocycles. The molecule has 0 amide bonds. The monoisotopic (exact) mass is 241 g/mol. The van der Waals surface area contributed by atoms with Gasteiger partial charge in [0.1, 0.15) is 5.54 Å². The highest BCUT2D eigenvalue weighted by molar-refractivity contribution is 7.99. The van der Waals surface area contributed by atoms with E-state index in [0.717, 1.165) is 0 Å². The Labute approximate surface area is 98.7 Å². The van der Waals surface area contributed by atoms with Gasteiger partial charge in [-0.1, -0.05) is 11.8 Å². The van der Waals surface area contributed by atoms with Crippen molar-refractivity contribution in [3.63, 3.8) is 0 Å². The highest BCUT2D eigenvalue weighted by Crippen LogP contribution is 2.18. The van der Waals surface area contributed by atoms with Crippen LogP contribution in [-0.2, 0) is 4.79 Å². The van der Waals surface area contributed by atoms with Gasteiger partial charge in [-0.2, -0.15) is 0 Å². The summed E-state index contributed by atoms with van der Waals surface area (Å²) in [7, 11) is 1.65. The zero-order valence-electron chi connectivity index (χ0n) is 9.30. The first-order valence-corrected chi connectivity index (χ1v) is 5.89. The molecule has 0 aliphatic carbocycles. The molecule has 1 heterocycles. The Balaban J connectivity index is 2.43. The lowest BCUT2D eigenvalue weighted by Gasteiger charge is -2.23. The molecule has 2 N–H and O–H groups in total. The van der Waals surface area contributed by atoms with Crippen molar-refractivity contribution in [3.05, 3.63) is 18.5 Å². The first-order chi connectivity index (χ1) is 7.58. The predicted octanol–water partition coefficient (Wildman–Crippen LogP) is 1.02. The van der Waals surface area contributed by atoms with E-state index in [0.29, 0.717) is 17.3 Å². The average molecular weight is 241 g/mol. The van der Waals surface area contributed by atoms with Crippen molar-refractivity contribution in [3.8, 4) is 0 Å². The van der Waals surface area contributed by atoms with Gasteiger partial charge in [-0.25, -0.2) is 9.97 Å². The summed E-state index contributed by atoms with van der Waals surface area (Å²) in [5.74, 6) is -0.183. The first kappa shape index (κ1) is 12.9. The number of carboxylic acid groups (broad SMARTS) is 1. The molecule has 0 radical (unpaired) electrons. The Kier molecular flexibility index (Phi) is 4.70. The molecule has 0 aromatic carbocycles. The first-order valence-electron chi connectivity index (χ1n) is 4.90. The van der Waals surface area contributed by atoms with Crippen LogP contribution in [0.25, 0.3) is 0 Å². The van der Waals surface area contributed by atoms with Crippen molar-refractivity contribution in [1.29, 1.82) is 0 Å². The van der Waals surface area contributed by atoms with E-state index in [1.807, 2.05) is 0 Å². The van der Waals surface area contributed by atoms with Crippen molar-refractivity contribution < 1.29 is 9.90 Å². The van der Waals surface area contributed by atoms with Gasteiger partial charge >= 0.3 is 5.97 Å². The molecule has 6 heteroatoms. The number of hydrogen-bond acceptors (Lipinski definition) is 5. The summed E-state index contributed by atoms with van der Waals surface area (Å²) >= 11 is 1.45. The summed E-state index contributed by atoms with van der Waals surface area (Å²) in [6, 6.07) is 1.75. The predicted molar refractivity (Wildman–Crippen MR) is 62.5 cm³/mol. The molecule has 0 aliphatic rings. The lowest BCUT2D eigenvalue weighted by atomic mass is 10.00. The molecule has 0 fully saturated rings. The van der Waals surface area contributed by atoms with E-state index in [4.69, 9.17) is 5.11 Å². The molecule has 0 saturated carbocycles. The number of hydrogen-bond donors (Lipinski definition) is 2. The maximum Gasteiger partial charge on any atom is 0.323 e. The molecule has 0 aliphatic heterocycles. The number of thioether (sulfide) groups is 1. The van der Waals surface area contributed by atoms with Gasteiger partial charge in [0, 0.05) is 18.1 Å². The van der Waals surface area contributed by atoms with Gasteiger partial charge in [-0.05, 0) is 26.5 Å². The highest BCUT2D eigenvalue weighted by Gasteiger charge is 2.30. The van der Waals surface area contributed by atoms with E-state index >= 15 is 0 Å². The van der Waals surface area contributed by atoms with Crippen LogP contribution in [0.1, 0.15) is 13.3 Å². The third-order valence-electron chi connectivity index (χ3n) is 2.40. The normalized spacial score (nSPS) is 14.4. The summed E-state index contributed by atoms with van der Waals surface area (Å²) in [4.78, 5) is 19.1. The Morgan fingerprint density at radius 2 is 2.19 bits per heavy atom. The number of likely N-dealkylation sites (N-methyl/N-ethyl adjacent to an activating group) is 1. The summed E-state index contributed by atoms with van der Waals surface area (Å²) in [6.45, 7) is 1.67. The fourth-order valence-electron chi connectivity index (χ4n) is 1.05. The minimum atomic E-state index is -0.887. The third-order valence-corrected chi connectivity index (χ3v) is 3.28. The zero-order chi connectivity index (χ0) is 12.0. The second kappa shape index (κ2) is 5.81. The summed E-state index contributed by atoms with van der Waals surface area (Å²) in [5, 5.41) is 12.5. The van der Waals surface area contributed by atoms with Crippen LogP contribution in [0.3, 0.4) is 0 Å². The number of carboxylic acids is 1. The van der Waals surface area contributed by atoms with Gasteiger partial charge < -0.3 is 10.4 Å². The van der Waals surface area contributed by atoms with Crippen molar-refractivity contribution in [2.75, 3.05) is 12.8 Å². The van der Waals surface area contributed by atoms with Gasteiger partial charge in [0.25, 0.3) is 0 Å². The number of rotatable bonds is 6. The van der Waals surface area contributed by atoms with Gasteiger partial charge in [0.2, 0.25) is 0 Å². The fraction of sp³-hybridized carbons (Fsp3) is 0.500. The molecule has 1 aromatic heterocycles. The smallest absolute Gasteiger partial charge is 0.323 e. The van der Waals surface area contributed by atoms with Crippen LogP contribution in [0, 0.1) is 0 Å². The van der Waals surface area contributed by atoms with Crippen LogP contribution in [0.5, 0.6) is 0 Å². The number of carbonyl (C=O) groups is 1. The van der Waals surface area contributed by atoms with Crippen LogP contribution < -0.4 is 5.32 Å². The second-order valence-corrected chi connectivity index (χ2v) is 4.58. The molecule has 5 nitrogen and oxygen atoms in total. The number of aromatic nitrogens is 2. The van der Waals surface area contributed by atoms with Crippen LogP contribution in [0.4, 0.5) is 0 Å². The summed E-state index contributed by atoms with van der Waals surface area (Å²) < 4.78 is 0. The quantitative estimate of drug-likeness (QED) is 0.572. The van der Waals surface area contributed by atoms with Crippen LogP contribution in [0.15, 0.2) is 23.6 Å². The van der Waals surface area contributed by atoms with Gasteiger partial charge in [-0.3, -0.25) is 4.79 Å². The van der Waals surface area contributed by atoms with E-state index in [-0.39, 0.29) is 0 Å². The molecule has 1 aromatic rings. The zero-order valence-corrected chi connectivity index (χ0v) is 10.1. The molecular formula is C10H15N3O2S. The van der Waals surface area contributed by atoms with Crippen LogP contribution >= 0.6 is 11.8 Å². The fourth-order valence-corrected chi connectivity index (χ4v) is 2.01. The lowest BCUT2D eigenvalue weighted by molar-refractivity contribution is -0.144. The van der Waals surface area contributed by atoms with Gasteiger partial charge in [0.15, 0.2) is 5.16 Å². The maximum absolute atomic E-state index is 11.0. The Hall–Kier alpha value is -1.14. The Bertz CT molecular complexity index is 347. The molecule has 1 rings (SSSR count). The van der Waals surface area contributed by atoms with Gasteiger partial charge in [0.05, 0.1) is 0 Å². The number of aliphatic carboxylic acids is 1. The minimum absolute atomic E-state index is 0.516. The largest absolute Gasteiger partial charge is 0.480 e. The molecule has 1 unspecified atom stereocenters. The van der Waals surface area contributed by atoms with E-state index in [1.54, 1.807) is 32.4 Å². The number of nitrogens with zero attached hydrogens (tertiary/aromatic N) is 2. The molecule has 1 atom stereocenters. The Morgan fingerprint density at radius 3 is 2.69 bits per heavy atom. The maximum atomic E-state index is 11.0. The molecular weight excluding hydrogens is 226 g/mol. The van der Waals surface area contributed by atoms with E-state index in [9.17, 15) is 4.79 Å². The van der Waals surface area contributed by atoms with E-state index in [1.165, 1.54) is 11.8 Å². The number of nitrogens with one attached hydrogen (secondary N) is 1. The average Bonchev–Trinajstić information content (AvgIpc) is 2.30. The van der Waals surface area contributed by atoms with Crippen molar-refractivity contribution >= 4 is 17.7 Å². The SMILES string of the molecule is CNC(C)(CCSc1ncccn1)C(=O)O. The van der Waals surface area contributed by atoms with Crippen LogP contribution in [-0.4, -0.2) is 39.4 Å². The standard InChI is InChI=1S/C10H15N3O2S/c1-10(11-2,8(14)15)4-7-16-9-12-5-3-6-13-9/h3,5-6,11H,4,7H2,1-2H3,(H,14,15). The Morgan fingerprint density at radius 1 is 1.56 bits per heavy atom. The van der Waals surface area contributed by atoms with Crippen LogP contribution in [0.2, 0.25) is 0 Å². The van der Waals surface area contributed by atoms with Gasteiger partial charge in [-0.15, -0.1) is 0 Å². The van der Waals surface area contributed by atoms with Crippen molar-refractivity contribution in [1.82, 2.24) is 15.3 Å². The molecule has 0 spiro atoms. The second-order valence-electron chi connectivity index (χ2n) is 3.52.